The van der Waals surface area contributed by atoms with Crippen molar-refractivity contribution in [1.29, 1.82) is 0 Å². The fourth-order valence-corrected chi connectivity index (χ4v) is 4.97. The number of aromatic nitrogens is 3. The normalized spacial score (nSPS) is 22.7. The number of nitrogens with zero attached hydrogens (tertiary/aromatic N) is 3. The van der Waals surface area contributed by atoms with Gasteiger partial charge >= 0.3 is 0 Å². The van der Waals surface area contributed by atoms with Crippen LogP contribution in [-0.2, 0) is 4.79 Å². The van der Waals surface area contributed by atoms with Crippen LogP contribution < -0.4 is 0 Å². The number of rotatable bonds is 5. The fraction of sp³-hybridized carbons (Fsp3) is 0.476. The third-order valence-corrected chi connectivity index (χ3v) is 6.44. The van der Waals surface area contributed by atoms with Gasteiger partial charge in [0.15, 0.2) is 0 Å². The van der Waals surface area contributed by atoms with E-state index in [4.69, 9.17) is 0 Å². The van der Waals surface area contributed by atoms with Gasteiger partial charge in [0.05, 0.1) is 5.75 Å². The first kappa shape index (κ1) is 18.3. The summed E-state index contributed by atoms with van der Waals surface area (Å²) in [5.41, 5.74) is 1.12. The molecule has 6 heteroatoms. The average molecular weight is 383 g/mol. The molecule has 27 heavy (non-hydrogen) atoms. The predicted molar refractivity (Wildman–Crippen MR) is 109 cm³/mol. The van der Waals surface area contributed by atoms with E-state index >= 15 is 0 Å². The van der Waals surface area contributed by atoms with Gasteiger partial charge in [-0.15, -0.1) is 5.10 Å². The van der Waals surface area contributed by atoms with E-state index in [1.165, 1.54) is 43.9 Å². The zero-order valence-electron chi connectivity index (χ0n) is 15.5. The molecular formula is C21H26N4OS. The molecule has 1 N–H and O–H groups in total. The number of carbonyl (C=O) groups is 1. The topological polar surface area (TPSA) is 61.9 Å². The highest BCUT2D eigenvalue weighted by Gasteiger charge is 2.35. The van der Waals surface area contributed by atoms with E-state index in [0.29, 0.717) is 22.8 Å². The maximum atomic E-state index is 12.8. The Kier molecular flexibility index (Phi) is 5.92. The standard InChI is InChI=1S/C21H26N4OS/c26-20(25-14-6-10-17-9-4-5-11-18(17)25)15-27-21-22-19(23-24-21)13-12-16-7-2-1-3-8-16/h1-3,7-8,12-13,17-18H,4-6,9-11,14-15H2,(H,22,23,24)/b13-12+. The molecule has 1 aromatic heterocycles. The van der Waals surface area contributed by atoms with E-state index in [1.54, 1.807) is 0 Å². The number of carbonyl (C=O) groups excluding carboxylic acids is 1. The number of H-pyrrole nitrogens is 1. The van der Waals surface area contributed by atoms with Crippen molar-refractivity contribution in [3.8, 4) is 0 Å². The van der Waals surface area contributed by atoms with Gasteiger partial charge in [-0.25, -0.2) is 4.98 Å². The number of hydrogen-bond acceptors (Lipinski definition) is 4. The monoisotopic (exact) mass is 382 g/mol. The summed E-state index contributed by atoms with van der Waals surface area (Å²) < 4.78 is 0. The van der Waals surface area contributed by atoms with Crippen LogP contribution in [0.5, 0.6) is 0 Å². The van der Waals surface area contributed by atoms with Crippen LogP contribution in [0.4, 0.5) is 0 Å². The Balaban J connectivity index is 1.31. The number of fused-ring (bicyclic) bond motifs is 1. The summed E-state index contributed by atoms with van der Waals surface area (Å²) in [4.78, 5) is 19.4. The number of thioether (sulfide) groups is 1. The van der Waals surface area contributed by atoms with Crippen molar-refractivity contribution < 1.29 is 4.79 Å². The second kappa shape index (κ2) is 8.74. The van der Waals surface area contributed by atoms with Gasteiger partial charge in [-0.1, -0.05) is 61.0 Å². The Morgan fingerprint density at radius 3 is 2.85 bits per heavy atom. The Morgan fingerprint density at radius 1 is 1.15 bits per heavy atom. The summed E-state index contributed by atoms with van der Waals surface area (Å²) in [6, 6.07) is 10.6. The Morgan fingerprint density at radius 2 is 1.96 bits per heavy atom. The molecule has 5 nitrogen and oxygen atoms in total. The lowest BCUT2D eigenvalue weighted by atomic mass is 9.78. The minimum atomic E-state index is 0.239. The molecule has 2 aliphatic rings. The van der Waals surface area contributed by atoms with Crippen molar-refractivity contribution in [3.05, 3.63) is 41.7 Å². The van der Waals surface area contributed by atoms with Gasteiger partial charge in [0.1, 0.15) is 5.82 Å². The molecule has 0 radical (unpaired) electrons. The minimum Gasteiger partial charge on any atom is -0.339 e. The number of piperidine rings is 1. The van der Waals surface area contributed by atoms with E-state index in [-0.39, 0.29) is 5.91 Å². The summed E-state index contributed by atoms with van der Waals surface area (Å²) in [7, 11) is 0. The molecule has 4 rings (SSSR count). The number of hydrogen-bond donors (Lipinski definition) is 1. The summed E-state index contributed by atoms with van der Waals surface area (Å²) in [6.07, 6.45) is 11.4. The highest BCUT2D eigenvalue weighted by molar-refractivity contribution is 7.99. The second-order valence-electron chi connectivity index (χ2n) is 7.38. The van der Waals surface area contributed by atoms with Crippen molar-refractivity contribution in [2.45, 2.75) is 49.7 Å². The summed E-state index contributed by atoms with van der Waals surface area (Å²) >= 11 is 1.43. The van der Waals surface area contributed by atoms with Gasteiger partial charge in [0, 0.05) is 12.6 Å². The fourth-order valence-electron chi connectivity index (χ4n) is 4.28. The molecule has 142 valence electrons. The molecule has 2 fully saturated rings. The molecule has 1 saturated carbocycles. The van der Waals surface area contributed by atoms with Crippen molar-refractivity contribution in [2.75, 3.05) is 12.3 Å². The largest absolute Gasteiger partial charge is 0.339 e. The molecule has 1 aromatic carbocycles. The lowest BCUT2D eigenvalue weighted by Gasteiger charge is -2.44. The van der Waals surface area contributed by atoms with E-state index in [0.717, 1.165) is 24.4 Å². The van der Waals surface area contributed by atoms with Crippen LogP contribution >= 0.6 is 11.8 Å². The predicted octanol–water partition coefficient (Wildman–Crippen LogP) is 4.25. The molecule has 2 aromatic rings. The van der Waals surface area contributed by atoms with Crippen LogP contribution in [0.25, 0.3) is 12.2 Å². The van der Waals surface area contributed by atoms with Crippen LogP contribution in [0.3, 0.4) is 0 Å². The quantitative estimate of drug-likeness (QED) is 0.786. The molecule has 1 saturated heterocycles. The summed E-state index contributed by atoms with van der Waals surface area (Å²) in [5.74, 6) is 2.09. The van der Waals surface area contributed by atoms with Crippen LogP contribution in [-0.4, -0.2) is 44.3 Å². The van der Waals surface area contributed by atoms with Gasteiger partial charge in [-0.3, -0.25) is 9.89 Å². The Bertz CT molecular complexity index is 786. The van der Waals surface area contributed by atoms with E-state index < -0.39 is 0 Å². The van der Waals surface area contributed by atoms with Gasteiger partial charge in [0.25, 0.3) is 0 Å². The minimum absolute atomic E-state index is 0.239. The van der Waals surface area contributed by atoms with Gasteiger partial charge in [-0.05, 0) is 43.2 Å². The smallest absolute Gasteiger partial charge is 0.233 e. The molecule has 0 spiro atoms. The maximum Gasteiger partial charge on any atom is 0.233 e. The third kappa shape index (κ3) is 4.61. The summed E-state index contributed by atoms with van der Waals surface area (Å²) in [6.45, 7) is 0.916. The van der Waals surface area contributed by atoms with E-state index in [9.17, 15) is 4.79 Å². The average Bonchev–Trinajstić information content (AvgIpc) is 3.19. The van der Waals surface area contributed by atoms with Crippen molar-refractivity contribution in [1.82, 2.24) is 20.1 Å². The third-order valence-electron chi connectivity index (χ3n) is 5.60. The van der Waals surface area contributed by atoms with Crippen molar-refractivity contribution >= 4 is 29.8 Å². The number of amides is 1. The molecule has 2 atom stereocenters. The zero-order chi connectivity index (χ0) is 18.5. The van der Waals surface area contributed by atoms with Crippen LogP contribution in [0, 0.1) is 5.92 Å². The molecular weight excluding hydrogens is 356 g/mol. The first-order chi connectivity index (χ1) is 13.3. The highest BCUT2D eigenvalue weighted by Crippen LogP contribution is 2.35. The van der Waals surface area contributed by atoms with Crippen molar-refractivity contribution in [3.63, 3.8) is 0 Å². The van der Waals surface area contributed by atoms with Crippen LogP contribution in [0.2, 0.25) is 0 Å². The highest BCUT2D eigenvalue weighted by atomic mass is 32.2. The zero-order valence-corrected chi connectivity index (χ0v) is 16.3. The van der Waals surface area contributed by atoms with Crippen molar-refractivity contribution in [2.24, 2.45) is 5.92 Å². The molecule has 1 amide bonds. The van der Waals surface area contributed by atoms with Crippen LogP contribution in [0.15, 0.2) is 35.5 Å². The summed E-state index contributed by atoms with van der Waals surface area (Å²) in [5, 5.41) is 7.80. The Labute approximate surface area is 164 Å². The van der Waals surface area contributed by atoms with Gasteiger partial charge < -0.3 is 4.90 Å². The molecule has 2 unspecified atom stereocenters. The van der Waals surface area contributed by atoms with Gasteiger partial charge in [0.2, 0.25) is 11.1 Å². The van der Waals surface area contributed by atoms with Crippen LogP contribution in [0.1, 0.15) is 49.9 Å². The molecule has 1 aliphatic carbocycles. The SMILES string of the molecule is O=C(CSc1n[nH]c(/C=C/c2ccccc2)n1)N1CCCC2CCCCC21. The lowest BCUT2D eigenvalue weighted by Crippen LogP contribution is -2.50. The maximum absolute atomic E-state index is 12.8. The van der Waals surface area contributed by atoms with E-state index in [1.807, 2.05) is 42.5 Å². The van der Waals surface area contributed by atoms with E-state index in [2.05, 4.69) is 20.1 Å². The number of benzene rings is 1. The first-order valence-electron chi connectivity index (χ1n) is 9.87. The molecule has 0 bridgehead atoms. The molecule has 1 aliphatic heterocycles. The number of nitrogens with one attached hydrogen (secondary N) is 1. The number of likely N-dealkylation sites (tertiary alicyclic amines) is 1. The Hall–Kier alpha value is -2.08. The van der Waals surface area contributed by atoms with Gasteiger partial charge in [-0.2, -0.15) is 0 Å². The second-order valence-corrected chi connectivity index (χ2v) is 8.32. The molecule has 2 heterocycles. The first-order valence-corrected chi connectivity index (χ1v) is 10.9. The number of aromatic amines is 1. The lowest BCUT2D eigenvalue weighted by molar-refractivity contribution is -0.134.